The van der Waals surface area contributed by atoms with E-state index in [1.807, 2.05) is 72.7 Å². The molecule has 10 heteroatoms. The van der Waals surface area contributed by atoms with Gasteiger partial charge in [-0.1, -0.05) is 12.1 Å². The molecule has 3 aromatic rings. The number of rotatable bonds is 9. The maximum Gasteiger partial charge on any atom is 0.264 e. The number of hydrogen-bond acceptors (Lipinski definition) is 6. The van der Waals surface area contributed by atoms with Crippen molar-refractivity contribution in [2.24, 2.45) is 0 Å². The van der Waals surface area contributed by atoms with Gasteiger partial charge in [0.2, 0.25) is 0 Å². The molecule has 1 aliphatic heterocycles. The molecule has 1 fully saturated rings. The first-order valence-electron chi connectivity index (χ1n) is 14.8. The number of aryl methyl sites for hydroxylation is 4. The minimum absolute atomic E-state index is 0.0526. The van der Waals surface area contributed by atoms with E-state index in [0.717, 1.165) is 33.4 Å². The van der Waals surface area contributed by atoms with Crippen LogP contribution in [0.4, 0.5) is 5.69 Å². The summed E-state index contributed by atoms with van der Waals surface area (Å²) in [7, 11) is -2.26. The van der Waals surface area contributed by atoms with Crippen LogP contribution < -0.4 is 13.8 Å². The lowest BCUT2D eigenvalue weighted by molar-refractivity contribution is -0.144. The number of hydrogen-bond donors (Lipinski definition) is 0. The Hall–Kier alpha value is -4.05. The molecule has 0 aromatic heterocycles. The van der Waals surface area contributed by atoms with Crippen LogP contribution in [0.1, 0.15) is 40.3 Å². The van der Waals surface area contributed by atoms with Gasteiger partial charge in [0.25, 0.3) is 21.8 Å². The smallest absolute Gasteiger partial charge is 0.264 e. The van der Waals surface area contributed by atoms with Crippen molar-refractivity contribution in [3.63, 3.8) is 0 Å². The van der Waals surface area contributed by atoms with E-state index in [1.54, 1.807) is 34.1 Å². The molecule has 0 N–H and O–H groups in total. The minimum Gasteiger partial charge on any atom is -0.484 e. The fourth-order valence-corrected chi connectivity index (χ4v) is 7.40. The molecule has 44 heavy (non-hydrogen) atoms. The number of ether oxygens (including phenoxy) is 2. The van der Waals surface area contributed by atoms with Crippen LogP contribution in [-0.2, 0) is 19.6 Å². The quantitative estimate of drug-likeness (QED) is 0.338. The summed E-state index contributed by atoms with van der Waals surface area (Å²) in [5.74, 6) is 0.828. The van der Waals surface area contributed by atoms with E-state index in [0.29, 0.717) is 41.7 Å². The second-order valence-corrected chi connectivity index (χ2v) is 13.6. The summed E-state index contributed by atoms with van der Waals surface area (Å²) in [6.07, 6.45) is 0. The molecule has 0 saturated carbocycles. The van der Waals surface area contributed by atoms with Gasteiger partial charge in [0.15, 0.2) is 13.2 Å². The van der Waals surface area contributed by atoms with Crippen LogP contribution in [0.3, 0.4) is 0 Å². The topological polar surface area (TPSA) is 96.5 Å². The van der Waals surface area contributed by atoms with Crippen molar-refractivity contribution in [2.75, 3.05) is 44.2 Å². The van der Waals surface area contributed by atoms with Crippen molar-refractivity contribution < 1.29 is 27.5 Å². The zero-order valence-electron chi connectivity index (χ0n) is 26.9. The molecule has 0 aliphatic carbocycles. The Balaban J connectivity index is 1.31. The lowest BCUT2D eigenvalue weighted by Gasteiger charge is -2.39. The molecule has 0 bridgehead atoms. The van der Waals surface area contributed by atoms with Crippen molar-refractivity contribution in [1.82, 2.24) is 9.80 Å². The summed E-state index contributed by atoms with van der Waals surface area (Å²) >= 11 is 0. The standard InChI is InChI=1S/C34H43N3O6S/c1-22-15-23(2)17-31(16-22)43-20-32(38)36-13-14-37(26(5)19-36)33(39)21-42-30-11-9-29(10-12-30)35(8)44(40,41)34-27(6)24(3)18-25(4)28(34)7/h9-12,15-18,26H,13-14,19-21H2,1-8H3/t26-/m1/s1. The molecule has 236 valence electrons. The number of anilines is 1. The van der Waals surface area contributed by atoms with Crippen molar-refractivity contribution in [3.05, 3.63) is 81.9 Å². The van der Waals surface area contributed by atoms with E-state index in [2.05, 4.69) is 0 Å². The third-order valence-corrected chi connectivity index (χ3v) is 10.4. The van der Waals surface area contributed by atoms with E-state index in [-0.39, 0.29) is 31.1 Å². The van der Waals surface area contributed by atoms with Gasteiger partial charge in [0.05, 0.1) is 10.6 Å². The summed E-state index contributed by atoms with van der Waals surface area (Å²) in [5, 5.41) is 0. The molecule has 4 rings (SSSR count). The maximum atomic E-state index is 13.6. The molecule has 1 heterocycles. The zero-order valence-corrected chi connectivity index (χ0v) is 27.7. The lowest BCUT2D eigenvalue weighted by Crippen LogP contribution is -2.57. The number of piperazine rings is 1. The van der Waals surface area contributed by atoms with Gasteiger partial charge in [-0.25, -0.2) is 8.42 Å². The molecule has 9 nitrogen and oxygen atoms in total. The Labute approximate surface area is 261 Å². The number of carbonyl (C=O) groups excluding carboxylic acids is 2. The second-order valence-electron chi connectivity index (χ2n) is 11.7. The molecule has 2 amide bonds. The first-order valence-corrected chi connectivity index (χ1v) is 16.2. The van der Waals surface area contributed by atoms with Crippen molar-refractivity contribution in [1.29, 1.82) is 0 Å². The third kappa shape index (κ3) is 7.18. The van der Waals surface area contributed by atoms with Crippen LogP contribution in [0.25, 0.3) is 0 Å². The molecule has 1 saturated heterocycles. The Bertz CT molecular complexity index is 1610. The predicted octanol–water partition coefficient (Wildman–Crippen LogP) is 4.88. The fourth-order valence-electron chi connectivity index (χ4n) is 5.63. The van der Waals surface area contributed by atoms with Crippen LogP contribution in [-0.4, -0.2) is 76.0 Å². The number of benzene rings is 3. The van der Waals surface area contributed by atoms with Crippen molar-refractivity contribution >= 4 is 27.5 Å². The van der Waals surface area contributed by atoms with E-state index < -0.39 is 10.0 Å². The van der Waals surface area contributed by atoms with Gasteiger partial charge in [-0.15, -0.1) is 0 Å². The highest BCUT2D eigenvalue weighted by atomic mass is 32.2. The van der Waals surface area contributed by atoms with Gasteiger partial charge in [0, 0.05) is 32.7 Å². The second kappa shape index (κ2) is 13.3. The monoisotopic (exact) mass is 621 g/mol. The molecular weight excluding hydrogens is 578 g/mol. The molecule has 0 unspecified atom stereocenters. The van der Waals surface area contributed by atoms with Gasteiger partial charge >= 0.3 is 0 Å². The summed E-state index contributed by atoms with van der Waals surface area (Å²) in [4.78, 5) is 29.6. The largest absolute Gasteiger partial charge is 0.484 e. The van der Waals surface area contributed by atoms with E-state index >= 15 is 0 Å². The highest BCUT2D eigenvalue weighted by molar-refractivity contribution is 7.93. The Morgan fingerprint density at radius 2 is 1.34 bits per heavy atom. The summed E-state index contributed by atoms with van der Waals surface area (Å²) in [6.45, 7) is 14.4. The molecule has 0 radical (unpaired) electrons. The van der Waals surface area contributed by atoms with Gasteiger partial charge < -0.3 is 19.3 Å². The maximum absolute atomic E-state index is 13.6. The van der Waals surface area contributed by atoms with Gasteiger partial charge in [-0.2, -0.15) is 0 Å². The average molecular weight is 622 g/mol. The van der Waals surface area contributed by atoms with Gasteiger partial charge in [-0.05, 0) is 118 Å². The van der Waals surface area contributed by atoms with Gasteiger partial charge in [-0.3, -0.25) is 13.9 Å². The molecule has 1 atom stereocenters. The normalized spacial score (nSPS) is 15.2. The van der Waals surface area contributed by atoms with Crippen LogP contribution in [0.5, 0.6) is 11.5 Å². The Morgan fingerprint density at radius 1 is 0.795 bits per heavy atom. The van der Waals surface area contributed by atoms with E-state index in [9.17, 15) is 18.0 Å². The Kier molecular flexibility index (Phi) is 9.93. The molecular formula is C34H43N3O6S. The summed E-state index contributed by atoms with van der Waals surface area (Å²) in [6, 6.07) is 14.3. The summed E-state index contributed by atoms with van der Waals surface area (Å²) < 4.78 is 39.9. The highest BCUT2D eigenvalue weighted by Crippen LogP contribution is 2.31. The lowest BCUT2D eigenvalue weighted by atomic mass is 10.0. The number of carbonyl (C=O) groups is 2. The van der Waals surface area contributed by atoms with E-state index in [4.69, 9.17) is 9.47 Å². The molecule has 3 aromatic carbocycles. The Morgan fingerprint density at radius 3 is 1.91 bits per heavy atom. The number of sulfonamides is 1. The number of nitrogens with zero attached hydrogens (tertiary/aromatic N) is 3. The highest BCUT2D eigenvalue weighted by Gasteiger charge is 2.30. The summed E-state index contributed by atoms with van der Waals surface area (Å²) in [5.41, 5.74) is 5.97. The predicted molar refractivity (Wildman–Crippen MR) is 172 cm³/mol. The average Bonchev–Trinajstić information content (AvgIpc) is 2.97. The third-order valence-electron chi connectivity index (χ3n) is 8.34. The SMILES string of the molecule is Cc1cc(C)cc(OCC(=O)N2CCN(C(=O)COc3ccc(N(C)S(=O)(=O)c4c(C)c(C)cc(C)c4C)cc3)[C@H](C)C2)c1. The van der Waals surface area contributed by atoms with Crippen LogP contribution in [0, 0.1) is 41.5 Å². The minimum atomic E-state index is -3.79. The first-order chi connectivity index (χ1) is 20.7. The van der Waals surface area contributed by atoms with Crippen molar-refractivity contribution in [2.45, 2.75) is 59.4 Å². The number of amides is 2. The molecule has 1 aliphatic rings. The van der Waals surface area contributed by atoms with Crippen LogP contribution in [0.15, 0.2) is 53.4 Å². The van der Waals surface area contributed by atoms with Gasteiger partial charge in [0.1, 0.15) is 11.5 Å². The fraction of sp³-hybridized carbons (Fsp3) is 0.412. The van der Waals surface area contributed by atoms with Crippen molar-refractivity contribution in [3.8, 4) is 11.5 Å². The zero-order chi connectivity index (χ0) is 32.3. The van der Waals surface area contributed by atoms with Crippen LogP contribution in [0.2, 0.25) is 0 Å². The first kappa shape index (κ1) is 32.9. The van der Waals surface area contributed by atoms with E-state index in [1.165, 1.54) is 11.4 Å². The molecule has 0 spiro atoms. The van der Waals surface area contributed by atoms with Crippen LogP contribution >= 0.6 is 0 Å².